The van der Waals surface area contributed by atoms with Crippen LogP contribution in [0.2, 0.25) is 5.02 Å². The van der Waals surface area contributed by atoms with Crippen molar-refractivity contribution in [3.05, 3.63) is 64.2 Å². The number of amides is 1. The Morgan fingerprint density at radius 3 is 2.56 bits per heavy atom. The molecule has 0 saturated carbocycles. The van der Waals surface area contributed by atoms with E-state index >= 15 is 0 Å². The maximum Gasteiger partial charge on any atom is 0.295 e. The number of aliphatic hydroxyl groups is 1. The molecule has 1 N–H and O–H groups in total. The first-order chi connectivity index (χ1) is 15.3. The van der Waals surface area contributed by atoms with Gasteiger partial charge in [-0.25, -0.2) is 0 Å². The number of Topliss-reactive ketones (excluding diaryl/α,β-unsaturated/α-hetero) is 1. The number of carbonyl (C=O) groups is 2. The largest absolute Gasteiger partial charge is 0.507 e. The molecule has 0 bridgehead atoms. The van der Waals surface area contributed by atoms with Gasteiger partial charge >= 0.3 is 0 Å². The lowest BCUT2D eigenvalue weighted by Gasteiger charge is -2.26. The van der Waals surface area contributed by atoms with Crippen LogP contribution < -0.4 is 9.47 Å². The van der Waals surface area contributed by atoms with Gasteiger partial charge in [-0.2, -0.15) is 0 Å². The molecule has 0 spiro atoms. The normalized spacial score (nSPS) is 17.8. The number of hydrogen-bond acceptors (Lipinski definition) is 6. The Hall–Kier alpha value is -3.03. The molecule has 0 aromatic heterocycles. The van der Waals surface area contributed by atoms with Crippen molar-refractivity contribution in [1.29, 1.82) is 0 Å². The smallest absolute Gasteiger partial charge is 0.295 e. The standard InChI is InChI=1S/C24H27ClN2O5/c1-5-32-19-10-9-16(14-18(19)25)22(28)20-21(15-7-6-8-17(13-15)31-4)27(12-11-26(2)3)24(30)23(20)29/h6-10,13-14,21,28H,5,11-12H2,1-4H3/b22-20-. The number of methoxy groups -OCH3 is 1. The maximum absolute atomic E-state index is 13.1. The molecule has 32 heavy (non-hydrogen) atoms. The Kier molecular flexibility index (Phi) is 7.43. The van der Waals surface area contributed by atoms with E-state index in [-0.39, 0.29) is 11.3 Å². The molecule has 1 atom stereocenters. The van der Waals surface area contributed by atoms with Gasteiger partial charge in [0.1, 0.15) is 17.3 Å². The number of rotatable bonds is 8. The second kappa shape index (κ2) is 10.1. The van der Waals surface area contributed by atoms with Crippen molar-refractivity contribution in [2.24, 2.45) is 0 Å². The van der Waals surface area contributed by atoms with Gasteiger partial charge in [0.15, 0.2) is 0 Å². The number of ketones is 1. The van der Waals surface area contributed by atoms with Crippen molar-refractivity contribution in [2.45, 2.75) is 13.0 Å². The third kappa shape index (κ3) is 4.74. The Labute approximate surface area is 192 Å². The van der Waals surface area contributed by atoms with Crippen molar-refractivity contribution in [3.63, 3.8) is 0 Å². The summed E-state index contributed by atoms with van der Waals surface area (Å²) < 4.78 is 10.8. The fourth-order valence-electron chi connectivity index (χ4n) is 3.65. The summed E-state index contributed by atoms with van der Waals surface area (Å²) in [6, 6.07) is 11.1. The van der Waals surface area contributed by atoms with Gasteiger partial charge in [0, 0.05) is 18.7 Å². The highest BCUT2D eigenvalue weighted by atomic mass is 35.5. The molecule has 0 aliphatic carbocycles. The van der Waals surface area contributed by atoms with Gasteiger partial charge in [-0.05, 0) is 56.9 Å². The SMILES string of the molecule is CCOc1ccc(/C(O)=C2/C(=O)C(=O)N(CCN(C)C)C2c2cccc(OC)c2)cc1Cl. The predicted octanol–water partition coefficient (Wildman–Crippen LogP) is 3.73. The van der Waals surface area contributed by atoms with Crippen LogP contribution in [0, 0.1) is 0 Å². The monoisotopic (exact) mass is 458 g/mol. The molecule has 1 aliphatic heterocycles. The van der Waals surface area contributed by atoms with Crippen molar-refractivity contribution in [1.82, 2.24) is 9.80 Å². The van der Waals surface area contributed by atoms with Gasteiger partial charge in [0.2, 0.25) is 0 Å². The van der Waals surface area contributed by atoms with E-state index in [0.717, 1.165) is 0 Å². The van der Waals surface area contributed by atoms with Gasteiger partial charge in [0.05, 0.1) is 30.4 Å². The van der Waals surface area contributed by atoms with Crippen molar-refractivity contribution >= 4 is 29.1 Å². The van der Waals surface area contributed by atoms with Gasteiger partial charge in [-0.1, -0.05) is 23.7 Å². The minimum Gasteiger partial charge on any atom is -0.507 e. The predicted molar refractivity (Wildman–Crippen MR) is 123 cm³/mol. The minimum atomic E-state index is -0.754. The number of aliphatic hydroxyl groups excluding tert-OH is 1. The second-order valence-corrected chi connectivity index (χ2v) is 8.06. The topological polar surface area (TPSA) is 79.3 Å². The molecule has 1 heterocycles. The Morgan fingerprint density at radius 2 is 1.94 bits per heavy atom. The number of carbonyl (C=O) groups excluding carboxylic acids is 2. The molecule has 1 saturated heterocycles. The summed E-state index contributed by atoms with van der Waals surface area (Å²) in [5.41, 5.74) is 1.01. The summed E-state index contributed by atoms with van der Waals surface area (Å²) in [7, 11) is 5.32. The van der Waals surface area contributed by atoms with Crippen molar-refractivity contribution in [2.75, 3.05) is 40.9 Å². The molecule has 1 fully saturated rings. The van der Waals surface area contributed by atoms with Gasteiger partial charge in [-0.15, -0.1) is 0 Å². The Morgan fingerprint density at radius 1 is 1.19 bits per heavy atom. The summed E-state index contributed by atoms with van der Waals surface area (Å²) in [6.07, 6.45) is 0. The second-order valence-electron chi connectivity index (χ2n) is 7.65. The van der Waals surface area contributed by atoms with E-state index in [1.807, 2.05) is 25.9 Å². The van der Waals surface area contributed by atoms with Crippen LogP contribution in [0.25, 0.3) is 5.76 Å². The maximum atomic E-state index is 13.1. The summed E-state index contributed by atoms with van der Waals surface area (Å²) in [6.45, 7) is 3.16. The molecule has 1 amide bonds. The summed E-state index contributed by atoms with van der Waals surface area (Å²) in [5, 5.41) is 11.4. The zero-order valence-corrected chi connectivity index (χ0v) is 19.3. The molecule has 3 rings (SSSR count). The highest BCUT2D eigenvalue weighted by Crippen LogP contribution is 2.40. The number of likely N-dealkylation sites (N-methyl/N-ethyl adjacent to an activating group) is 1. The zero-order chi connectivity index (χ0) is 23.4. The Bertz CT molecular complexity index is 1050. The van der Waals surface area contributed by atoms with Crippen LogP contribution >= 0.6 is 11.6 Å². The molecule has 8 heteroatoms. The van der Waals surface area contributed by atoms with Gasteiger partial charge in [0.25, 0.3) is 11.7 Å². The van der Waals surface area contributed by atoms with E-state index in [1.54, 1.807) is 43.5 Å². The van der Waals surface area contributed by atoms with Gasteiger partial charge < -0.3 is 24.4 Å². The molecule has 1 aliphatic rings. The van der Waals surface area contributed by atoms with Crippen LogP contribution in [0.3, 0.4) is 0 Å². The minimum absolute atomic E-state index is 0.0160. The van der Waals surface area contributed by atoms with E-state index in [9.17, 15) is 14.7 Å². The number of likely N-dealkylation sites (tertiary alicyclic amines) is 1. The van der Waals surface area contributed by atoms with Crippen LogP contribution in [0.1, 0.15) is 24.1 Å². The highest BCUT2D eigenvalue weighted by Gasteiger charge is 2.46. The Balaban J connectivity index is 2.14. The average Bonchev–Trinajstić information content (AvgIpc) is 3.03. The van der Waals surface area contributed by atoms with E-state index < -0.39 is 17.7 Å². The molecule has 1 unspecified atom stereocenters. The van der Waals surface area contributed by atoms with Crippen LogP contribution in [0.5, 0.6) is 11.5 Å². The quantitative estimate of drug-likeness (QED) is 0.369. The lowest BCUT2D eigenvalue weighted by molar-refractivity contribution is -0.140. The molecule has 0 radical (unpaired) electrons. The summed E-state index contributed by atoms with van der Waals surface area (Å²) in [5.74, 6) is -0.614. The number of nitrogens with zero attached hydrogens (tertiary/aromatic N) is 2. The van der Waals surface area contributed by atoms with Crippen molar-refractivity contribution in [3.8, 4) is 11.5 Å². The number of halogens is 1. The molecular weight excluding hydrogens is 432 g/mol. The molecular formula is C24H27ClN2O5. The average molecular weight is 459 g/mol. The van der Waals surface area contributed by atoms with E-state index in [1.165, 1.54) is 11.0 Å². The van der Waals surface area contributed by atoms with Crippen molar-refractivity contribution < 1.29 is 24.2 Å². The third-order valence-corrected chi connectivity index (χ3v) is 5.54. The fourth-order valence-corrected chi connectivity index (χ4v) is 3.89. The zero-order valence-electron chi connectivity index (χ0n) is 18.6. The molecule has 170 valence electrons. The first-order valence-corrected chi connectivity index (χ1v) is 10.7. The molecule has 7 nitrogen and oxygen atoms in total. The first-order valence-electron chi connectivity index (χ1n) is 10.3. The van der Waals surface area contributed by atoms with Crippen LogP contribution in [0.15, 0.2) is 48.0 Å². The summed E-state index contributed by atoms with van der Waals surface area (Å²) in [4.78, 5) is 29.4. The highest BCUT2D eigenvalue weighted by molar-refractivity contribution is 6.46. The third-order valence-electron chi connectivity index (χ3n) is 5.24. The van der Waals surface area contributed by atoms with Crippen LogP contribution in [0.4, 0.5) is 0 Å². The molecule has 2 aromatic rings. The van der Waals surface area contributed by atoms with E-state index in [0.29, 0.717) is 47.3 Å². The lowest BCUT2D eigenvalue weighted by Crippen LogP contribution is -2.35. The summed E-state index contributed by atoms with van der Waals surface area (Å²) >= 11 is 6.29. The van der Waals surface area contributed by atoms with E-state index in [4.69, 9.17) is 21.1 Å². The lowest BCUT2D eigenvalue weighted by atomic mass is 9.95. The number of hydrogen-bond donors (Lipinski definition) is 1. The van der Waals surface area contributed by atoms with Crippen LogP contribution in [-0.2, 0) is 9.59 Å². The first kappa shape index (κ1) is 23.6. The molecule has 2 aromatic carbocycles. The van der Waals surface area contributed by atoms with Crippen LogP contribution in [-0.4, -0.2) is 67.5 Å². The number of ether oxygens (including phenoxy) is 2. The van der Waals surface area contributed by atoms with Gasteiger partial charge in [-0.3, -0.25) is 9.59 Å². The van der Waals surface area contributed by atoms with E-state index in [2.05, 4.69) is 0 Å². The number of benzene rings is 2. The fraction of sp³-hybridized carbons (Fsp3) is 0.333.